The van der Waals surface area contributed by atoms with Crippen molar-refractivity contribution in [3.8, 4) is 0 Å². The van der Waals surface area contributed by atoms with Gasteiger partial charge in [0.05, 0.1) is 18.4 Å². The molecule has 0 atom stereocenters. The molecule has 2 N–H and O–H groups in total. The molecular formula is C25H27F3N6O2. The van der Waals surface area contributed by atoms with Gasteiger partial charge in [0, 0.05) is 31.5 Å². The summed E-state index contributed by atoms with van der Waals surface area (Å²) >= 11 is 0. The first-order valence-electron chi connectivity index (χ1n) is 11.1. The van der Waals surface area contributed by atoms with Gasteiger partial charge in [0.2, 0.25) is 5.95 Å². The zero-order chi connectivity index (χ0) is 26.1. The van der Waals surface area contributed by atoms with Crippen LogP contribution in [0, 0.1) is 6.92 Å². The average molecular weight is 501 g/mol. The SMILES string of the molecule is Cc1cccc(C=NNc2nc(CCCOC(=O)Nc3ccc(C(F)(F)F)cc3)cc(N(C)C)n2)c1. The van der Waals surface area contributed by atoms with Gasteiger partial charge in [-0.3, -0.25) is 5.32 Å². The molecule has 0 bridgehead atoms. The Hall–Kier alpha value is -4.15. The maximum absolute atomic E-state index is 12.6. The number of hydrogen-bond acceptors (Lipinski definition) is 7. The molecule has 0 saturated heterocycles. The van der Waals surface area contributed by atoms with Crippen LogP contribution in [-0.2, 0) is 17.3 Å². The van der Waals surface area contributed by atoms with Crippen LogP contribution in [0.25, 0.3) is 0 Å². The largest absolute Gasteiger partial charge is 0.449 e. The summed E-state index contributed by atoms with van der Waals surface area (Å²) in [4.78, 5) is 22.7. The second-order valence-corrected chi connectivity index (χ2v) is 8.16. The maximum Gasteiger partial charge on any atom is 0.416 e. The number of hydrazone groups is 1. The monoisotopic (exact) mass is 500 g/mol. The number of alkyl halides is 3. The molecule has 3 aromatic rings. The number of anilines is 3. The number of benzene rings is 2. The van der Waals surface area contributed by atoms with Crippen LogP contribution in [0.3, 0.4) is 0 Å². The van der Waals surface area contributed by atoms with Crippen LogP contribution in [0.1, 0.15) is 28.8 Å². The van der Waals surface area contributed by atoms with Gasteiger partial charge >= 0.3 is 12.3 Å². The fourth-order valence-corrected chi connectivity index (χ4v) is 3.12. The maximum atomic E-state index is 12.6. The smallest absolute Gasteiger partial charge is 0.416 e. The van der Waals surface area contributed by atoms with Crippen molar-refractivity contribution in [2.24, 2.45) is 5.10 Å². The highest BCUT2D eigenvalue weighted by Crippen LogP contribution is 2.29. The standard InChI is InChI=1S/C25H27F3N6O2/c1-17-6-4-7-18(14-17)16-29-33-23-30-21(15-22(32-23)34(2)3)8-5-13-36-24(35)31-20-11-9-19(10-12-20)25(26,27)28/h4,6-7,9-12,14-16H,5,8,13H2,1-3H3,(H,31,35)(H,30,32,33). The number of carbonyl (C=O) groups excluding carboxylic acids is 1. The lowest BCUT2D eigenvalue weighted by atomic mass is 10.2. The Bertz CT molecular complexity index is 1200. The van der Waals surface area contributed by atoms with Crippen molar-refractivity contribution in [1.29, 1.82) is 0 Å². The van der Waals surface area contributed by atoms with E-state index in [1.54, 1.807) is 6.21 Å². The summed E-state index contributed by atoms with van der Waals surface area (Å²) < 4.78 is 43.0. The minimum absolute atomic E-state index is 0.0992. The van der Waals surface area contributed by atoms with E-state index in [4.69, 9.17) is 4.74 Å². The Labute approximate surface area is 207 Å². The molecule has 0 saturated carbocycles. The molecule has 3 rings (SSSR count). The van der Waals surface area contributed by atoms with Gasteiger partial charge in [-0.05, 0) is 49.6 Å². The van der Waals surface area contributed by atoms with Crippen molar-refractivity contribution in [1.82, 2.24) is 9.97 Å². The third-order valence-electron chi connectivity index (χ3n) is 4.91. The normalized spacial score (nSPS) is 11.4. The molecule has 11 heteroatoms. The molecule has 0 aliphatic heterocycles. The second-order valence-electron chi connectivity index (χ2n) is 8.16. The van der Waals surface area contributed by atoms with E-state index in [1.807, 2.05) is 56.3 Å². The van der Waals surface area contributed by atoms with Gasteiger partial charge in [-0.25, -0.2) is 15.2 Å². The van der Waals surface area contributed by atoms with Crippen molar-refractivity contribution >= 4 is 29.8 Å². The molecule has 1 heterocycles. The van der Waals surface area contributed by atoms with E-state index < -0.39 is 17.8 Å². The van der Waals surface area contributed by atoms with Crippen LogP contribution in [0.15, 0.2) is 59.7 Å². The van der Waals surface area contributed by atoms with Crippen LogP contribution in [0.2, 0.25) is 0 Å². The molecule has 0 aliphatic carbocycles. The molecule has 0 spiro atoms. The first-order chi connectivity index (χ1) is 17.1. The summed E-state index contributed by atoms with van der Waals surface area (Å²) in [5, 5.41) is 6.62. The fraction of sp³-hybridized carbons (Fsp3) is 0.280. The summed E-state index contributed by atoms with van der Waals surface area (Å²) in [6.07, 6.45) is -2.51. The van der Waals surface area contributed by atoms with E-state index in [0.717, 1.165) is 29.0 Å². The number of hydrogen-bond donors (Lipinski definition) is 2. The predicted octanol–water partition coefficient (Wildman–Crippen LogP) is 5.50. The Morgan fingerprint density at radius 2 is 1.86 bits per heavy atom. The zero-order valence-corrected chi connectivity index (χ0v) is 20.1. The molecule has 8 nitrogen and oxygen atoms in total. The summed E-state index contributed by atoms with van der Waals surface area (Å²) in [6, 6.07) is 13.8. The lowest BCUT2D eigenvalue weighted by Gasteiger charge is -2.14. The molecule has 0 aliphatic rings. The first kappa shape index (κ1) is 26.5. The highest BCUT2D eigenvalue weighted by Gasteiger charge is 2.30. The molecule has 36 heavy (non-hydrogen) atoms. The van der Waals surface area contributed by atoms with Crippen LogP contribution >= 0.6 is 0 Å². The predicted molar refractivity (Wildman–Crippen MR) is 133 cm³/mol. The van der Waals surface area contributed by atoms with Gasteiger partial charge in [-0.1, -0.05) is 29.8 Å². The van der Waals surface area contributed by atoms with Crippen LogP contribution < -0.4 is 15.6 Å². The number of carbonyl (C=O) groups is 1. The summed E-state index contributed by atoms with van der Waals surface area (Å²) in [5.74, 6) is 1.02. The number of amides is 1. The first-order valence-corrected chi connectivity index (χ1v) is 11.1. The Morgan fingerprint density at radius 3 is 2.53 bits per heavy atom. The molecule has 0 fully saturated rings. The van der Waals surface area contributed by atoms with Crippen molar-refractivity contribution < 1.29 is 22.7 Å². The molecule has 1 aromatic heterocycles. The minimum atomic E-state index is -4.44. The number of aromatic nitrogens is 2. The van der Waals surface area contributed by atoms with Gasteiger partial charge < -0.3 is 9.64 Å². The van der Waals surface area contributed by atoms with Crippen molar-refractivity contribution in [3.05, 3.63) is 77.0 Å². The topological polar surface area (TPSA) is 91.7 Å². The Morgan fingerprint density at radius 1 is 1.11 bits per heavy atom. The highest BCUT2D eigenvalue weighted by molar-refractivity contribution is 5.84. The Kier molecular flexibility index (Phi) is 8.82. The van der Waals surface area contributed by atoms with Crippen molar-refractivity contribution in [2.45, 2.75) is 25.9 Å². The lowest BCUT2D eigenvalue weighted by molar-refractivity contribution is -0.137. The van der Waals surface area contributed by atoms with E-state index in [0.29, 0.717) is 24.6 Å². The third-order valence-corrected chi connectivity index (χ3v) is 4.91. The Balaban J connectivity index is 1.51. The number of ether oxygens (including phenoxy) is 1. The van der Waals surface area contributed by atoms with Crippen molar-refractivity contribution in [3.63, 3.8) is 0 Å². The van der Waals surface area contributed by atoms with Gasteiger partial charge in [0.15, 0.2) is 0 Å². The lowest BCUT2D eigenvalue weighted by Crippen LogP contribution is -2.15. The summed E-state index contributed by atoms with van der Waals surface area (Å²) in [7, 11) is 3.72. The quantitative estimate of drug-likeness (QED) is 0.229. The number of nitrogens with one attached hydrogen (secondary N) is 2. The molecule has 1 amide bonds. The number of aryl methyl sites for hydroxylation is 2. The minimum Gasteiger partial charge on any atom is -0.449 e. The zero-order valence-electron chi connectivity index (χ0n) is 20.1. The van der Waals surface area contributed by atoms with Crippen LogP contribution in [0.5, 0.6) is 0 Å². The summed E-state index contributed by atoms with van der Waals surface area (Å²) in [5.41, 5.74) is 5.07. The average Bonchev–Trinajstić information content (AvgIpc) is 2.81. The van der Waals surface area contributed by atoms with E-state index in [-0.39, 0.29) is 12.3 Å². The van der Waals surface area contributed by atoms with E-state index in [9.17, 15) is 18.0 Å². The molecule has 2 aromatic carbocycles. The number of nitrogens with zero attached hydrogens (tertiary/aromatic N) is 4. The molecule has 0 unspecified atom stereocenters. The fourth-order valence-electron chi connectivity index (χ4n) is 3.12. The second kappa shape index (κ2) is 12.0. The summed E-state index contributed by atoms with van der Waals surface area (Å²) in [6.45, 7) is 2.10. The van der Waals surface area contributed by atoms with Gasteiger partial charge in [0.1, 0.15) is 5.82 Å². The van der Waals surface area contributed by atoms with E-state index in [2.05, 4.69) is 25.8 Å². The van der Waals surface area contributed by atoms with Gasteiger partial charge in [-0.2, -0.15) is 23.3 Å². The van der Waals surface area contributed by atoms with Gasteiger partial charge in [0.25, 0.3) is 0 Å². The molecule has 0 radical (unpaired) electrons. The number of rotatable bonds is 9. The van der Waals surface area contributed by atoms with Crippen LogP contribution in [-0.4, -0.2) is 43.0 Å². The highest BCUT2D eigenvalue weighted by atomic mass is 19.4. The molecule has 190 valence electrons. The van der Waals surface area contributed by atoms with E-state index >= 15 is 0 Å². The molecular weight excluding hydrogens is 473 g/mol. The number of halogens is 3. The van der Waals surface area contributed by atoms with Crippen molar-refractivity contribution in [2.75, 3.05) is 36.3 Å². The van der Waals surface area contributed by atoms with Crippen LogP contribution in [0.4, 0.5) is 35.4 Å². The third kappa shape index (κ3) is 8.26. The van der Waals surface area contributed by atoms with Gasteiger partial charge in [-0.15, -0.1) is 0 Å². The van der Waals surface area contributed by atoms with E-state index in [1.165, 1.54) is 12.1 Å².